The zero-order valence-electron chi connectivity index (χ0n) is 24.6. The fourth-order valence-corrected chi connectivity index (χ4v) is 6.83. The number of sulfonamides is 1. The molecule has 3 aromatic carbocycles. The molecule has 1 aliphatic heterocycles. The first-order valence-electron chi connectivity index (χ1n) is 14.7. The minimum Gasteiger partial charge on any atom is -0.385 e. The molecule has 2 amide bonds. The van der Waals surface area contributed by atoms with Crippen LogP contribution in [0.1, 0.15) is 42.4 Å². The molecule has 230 valence electrons. The minimum atomic E-state index is -3.50. The van der Waals surface area contributed by atoms with E-state index < -0.39 is 16.1 Å². The number of carbonyl (C=O) groups is 2. The van der Waals surface area contributed by atoms with Crippen molar-refractivity contribution in [2.75, 3.05) is 33.4 Å². The van der Waals surface area contributed by atoms with E-state index in [0.29, 0.717) is 50.5 Å². The summed E-state index contributed by atoms with van der Waals surface area (Å²) in [6.07, 6.45) is 3.35. The third-order valence-corrected chi connectivity index (χ3v) is 9.78. The minimum absolute atomic E-state index is 0.161. The van der Waals surface area contributed by atoms with E-state index in [9.17, 15) is 18.0 Å². The highest BCUT2D eigenvalue weighted by molar-refractivity contribution is 7.89. The van der Waals surface area contributed by atoms with Crippen LogP contribution in [0.15, 0.2) is 83.8 Å². The van der Waals surface area contributed by atoms with Gasteiger partial charge in [0.15, 0.2) is 0 Å². The van der Waals surface area contributed by atoms with Crippen LogP contribution in [-0.2, 0) is 43.7 Å². The number of hydrogen-bond donors (Lipinski definition) is 1. The van der Waals surface area contributed by atoms with E-state index in [4.69, 9.17) is 16.3 Å². The van der Waals surface area contributed by atoms with E-state index in [-0.39, 0.29) is 29.7 Å². The number of hydrogen-bond acceptors (Lipinski definition) is 5. The second-order valence-electron chi connectivity index (χ2n) is 10.7. The summed E-state index contributed by atoms with van der Waals surface area (Å²) in [5.41, 5.74) is 2.66. The predicted octanol–water partition coefficient (Wildman–Crippen LogP) is 4.85. The molecule has 4 rings (SSSR count). The number of halogens is 1. The molecule has 0 saturated carbocycles. The maximum atomic E-state index is 13.9. The van der Waals surface area contributed by atoms with E-state index in [2.05, 4.69) is 5.32 Å². The van der Waals surface area contributed by atoms with Gasteiger partial charge >= 0.3 is 0 Å². The van der Waals surface area contributed by atoms with Crippen molar-refractivity contribution < 1.29 is 22.7 Å². The second-order valence-corrected chi connectivity index (χ2v) is 13.1. The van der Waals surface area contributed by atoms with Crippen LogP contribution < -0.4 is 5.32 Å². The van der Waals surface area contributed by atoms with Gasteiger partial charge in [0.05, 0.1) is 4.90 Å². The Morgan fingerprint density at radius 1 is 0.930 bits per heavy atom. The third-order valence-electron chi connectivity index (χ3n) is 7.62. The van der Waals surface area contributed by atoms with E-state index >= 15 is 0 Å². The lowest BCUT2D eigenvalue weighted by Gasteiger charge is -2.32. The van der Waals surface area contributed by atoms with Crippen molar-refractivity contribution in [1.82, 2.24) is 14.5 Å². The molecule has 1 N–H and O–H groups in total. The zero-order valence-corrected chi connectivity index (χ0v) is 26.2. The molecule has 1 fully saturated rings. The molecular formula is C33H40ClN3O5S. The summed E-state index contributed by atoms with van der Waals surface area (Å²) in [5.74, 6) is -0.393. The summed E-state index contributed by atoms with van der Waals surface area (Å²) in [4.78, 5) is 29.4. The van der Waals surface area contributed by atoms with Gasteiger partial charge in [-0.2, -0.15) is 4.31 Å². The van der Waals surface area contributed by atoms with Gasteiger partial charge in [-0.15, -0.1) is 0 Å². The van der Waals surface area contributed by atoms with Crippen LogP contribution in [0.4, 0.5) is 0 Å². The number of rotatable bonds is 15. The molecule has 0 radical (unpaired) electrons. The average molecular weight is 626 g/mol. The standard InChI is InChI=1S/C33H40ClN3O5S/c1-42-23-7-20-35-33(39)31(24-27-8-3-2-4-9-27)37(25-28-10-15-29(34)16-11-28)32(38)19-14-26-12-17-30(18-13-26)43(40,41)36-21-5-6-22-36/h2-4,8-13,15-18,31H,5-7,14,19-25H2,1H3,(H,35,39)/t31-/m0/s1. The smallest absolute Gasteiger partial charge is 0.243 e. The number of nitrogens with zero attached hydrogens (tertiary/aromatic N) is 2. The van der Waals surface area contributed by atoms with E-state index in [0.717, 1.165) is 29.5 Å². The highest BCUT2D eigenvalue weighted by Crippen LogP contribution is 2.22. The molecule has 0 bridgehead atoms. The maximum Gasteiger partial charge on any atom is 0.243 e. The molecule has 10 heteroatoms. The monoisotopic (exact) mass is 625 g/mol. The third kappa shape index (κ3) is 9.37. The maximum absolute atomic E-state index is 13.9. The molecule has 0 aliphatic carbocycles. The summed E-state index contributed by atoms with van der Waals surface area (Å²) in [5, 5.41) is 3.58. The van der Waals surface area contributed by atoms with E-state index in [1.807, 2.05) is 42.5 Å². The number of benzene rings is 3. The van der Waals surface area contributed by atoms with Gasteiger partial charge in [0, 0.05) is 57.8 Å². The Labute approximate surface area is 260 Å². The first-order chi connectivity index (χ1) is 20.8. The Balaban J connectivity index is 1.53. The van der Waals surface area contributed by atoms with Crippen molar-refractivity contribution in [2.45, 2.75) is 56.0 Å². The Hall–Kier alpha value is -3.24. The Morgan fingerprint density at radius 3 is 2.23 bits per heavy atom. The highest BCUT2D eigenvalue weighted by Gasteiger charge is 2.30. The Kier molecular flexibility index (Phi) is 12.2. The van der Waals surface area contributed by atoms with E-state index in [1.54, 1.807) is 48.4 Å². The fourth-order valence-electron chi connectivity index (χ4n) is 5.19. The molecular weight excluding hydrogens is 586 g/mol. The molecule has 0 spiro atoms. The van der Waals surface area contributed by atoms with Crippen LogP contribution in [0.2, 0.25) is 5.02 Å². The van der Waals surface area contributed by atoms with Crippen LogP contribution >= 0.6 is 11.6 Å². The average Bonchev–Trinajstić information content (AvgIpc) is 3.58. The lowest BCUT2D eigenvalue weighted by molar-refractivity contribution is -0.141. The molecule has 8 nitrogen and oxygen atoms in total. The first-order valence-corrected chi connectivity index (χ1v) is 16.5. The highest BCUT2D eigenvalue weighted by atomic mass is 35.5. The van der Waals surface area contributed by atoms with Gasteiger partial charge in [-0.05, 0) is 66.6 Å². The van der Waals surface area contributed by atoms with Crippen molar-refractivity contribution in [3.05, 3.63) is 101 Å². The number of carbonyl (C=O) groups excluding carboxylic acids is 2. The van der Waals surface area contributed by atoms with Gasteiger partial charge in [0.2, 0.25) is 21.8 Å². The molecule has 1 heterocycles. The Morgan fingerprint density at radius 2 is 1.58 bits per heavy atom. The van der Waals surface area contributed by atoms with Gasteiger partial charge in [-0.25, -0.2) is 8.42 Å². The van der Waals surface area contributed by atoms with Gasteiger partial charge < -0.3 is 15.0 Å². The van der Waals surface area contributed by atoms with Crippen molar-refractivity contribution in [3.8, 4) is 0 Å². The van der Waals surface area contributed by atoms with Crippen LogP contribution in [0.25, 0.3) is 0 Å². The Bertz CT molecular complexity index is 1430. The molecule has 0 unspecified atom stereocenters. The first kappa shape index (κ1) is 32.7. The van der Waals surface area contributed by atoms with Crippen LogP contribution in [0.5, 0.6) is 0 Å². The van der Waals surface area contributed by atoms with Gasteiger partial charge in [0.1, 0.15) is 6.04 Å². The molecule has 1 atom stereocenters. The van der Waals surface area contributed by atoms with Crippen molar-refractivity contribution >= 4 is 33.4 Å². The molecule has 1 aliphatic rings. The number of methoxy groups -OCH3 is 1. The largest absolute Gasteiger partial charge is 0.385 e. The summed E-state index contributed by atoms with van der Waals surface area (Å²) < 4.78 is 32.5. The van der Waals surface area contributed by atoms with Crippen molar-refractivity contribution in [1.29, 1.82) is 0 Å². The quantitative estimate of drug-likeness (QED) is 0.244. The van der Waals surface area contributed by atoms with Crippen molar-refractivity contribution in [3.63, 3.8) is 0 Å². The fraction of sp³-hybridized carbons (Fsp3) is 0.394. The summed E-state index contributed by atoms with van der Waals surface area (Å²) in [6, 6.07) is 23.0. The number of nitrogens with one attached hydrogen (secondary N) is 1. The van der Waals surface area contributed by atoms with Gasteiger partial charge in [0.25, 0.3) is 0 Å². The van der Waals surface area contributed by atoms with E-state index in [1.165, 1.54) is 4.31 Å². The summed E-state index contributed by atoms with van der Waals surface area (Å²) in [7, 11) is -1.89. The lowest BCUT2D eigenvalue weighted by Crippen LogP contribution is -2.50. The number of amides is 2. The summed E-state index contributed by atoms with van der Waals surface area (Å²) >= 11 is 6.11. The SMILES string of the molecule is COCCCNC(=O)[C@H](Cc1ccccc1)N(Cc1ccc(Cl)cc1)C(=O)CCc1ccc(S(=O)(=O)N2CCCC2)cc1. The molecule has 1 saturated heterocycles. The van der Waals surface area contributed by atoms with Crippen LogP contribution in [-0.4, -0.2) is 68.8 Å². The molecule has 43 heavy (non-hydrogen) atoms. The second kappa shape index (κ2) is 16.0. The number of aryl methyl sites for hydroxylation is 1. The molecule has 0 aromatic heterocycles. The topological polar surface area (TPSA) is 96.0 Å². The van der Waals surface area contributed by atoms with Crippen molar-refractivity contribution in [2.24, 2.45) is 0 Å². The predicted molar refractivity (Wildman–Crippen MR) is 168 cm³/mol. The van der Waals surface area contributed by atoms with Gasteiger partial charge in [-0.1, -0.05) is 66.2 Å². The zero-order chi connectivity index (χ0) is 30.7. The van der Waals surface area contributed by atoms with Gasteiger partial charge in [-0.3, -0.25) is 9.59 Å². The van der Waals surface area contributed by atoms with Crippen LogP contribution in [0.3, 0.4) is 0 Å². The van der Waals surface area contributed by atoms with Crippen LogP contribution in [0, 0.1) is 0 Å². The summed E-state index contributed by atoms with van der Waals surface area (Å²) in [6.45, 7) is 2.30. The lowest BCUT2D eigenvalue weighted by atomic mass is 10.0. The number of ether oxygens (including phenoxy) is 1. The normalized spacial score (nSPS) is 14.4. The molecule has 3 aromatic rings.